The van der Waals surface area contributed by atoms with E-state index in [4.69, 9.17) is 9.47 Å². The molecule has 0 radical (unpaired) electrons. The van der Waals surface area contributed by atoms with E-state index in [9.17, 15) is 4.79 Å². The number of methoxy groups -OCH3 is 1. The second kappa shape index (κ2) is 7.29. The van der Waals surface area contributed by atoms with Crippen LogP contribution in [-0.4, -0.2) is 26.2 Å². The highest BCUT2D eigenvalue weighted by molar-refractivity contribution is 5.78. The molecule has 4 heteroatoms. The van der Waals surface area contributed by atoms with Crippen LogP contribution >= 0.6 is 0 Å². The van der Waals surface area contributed by atoms with E-state index in [0.717, 1.165) is 37.4 Å². The first-order valence-electron chi connectivity index (χ1n) is 7.19. The third-order valence-electron chi connectivity index (χ3n) is 4.03. The molecule has 0 spiro atoms. The van der Waals surface area contributed by atoms with E-state index in [1.165, 1.54) is 0 Å². The van der Waals surface area contributed by atoms with Gasteiger partial charge < -0.3 is 14.8 Å². The lowest BCUT2D eigenvalue weighted by atomic mass is 9.87. The summed E-state index contributed by atoms with van der Waals surface area (Å²) >= 11 is 0. The Kier molecular flexibility index (Phi) is 5.41. The second-order valence-electron chi connectivity index (χ2n) is 5.27. The summed E-state index contributed by atoms with van der Waals surface area (Å²) in [6.45, 7) is 4.06. The van der Waals surface area contributed by atoms with Crippen molar-refractivity contribution in [2.45, 2.75) is 26.3 Å². The van der Waals surface area contributed by atoms with E-state index >= 15 is 0 Å². The van der Waals surface area contributed by atoms with Crippen molar-refractivity contribution in [3.8, 4) is 5.75 Å². The van der Waals surface area contributed by atoms with Crippen LogP contribution in [-0.2, 0) is 16.1 Å². The summed E-state index contributed by atoms with van der Waals surface area (Å²) in [6.07, 6.45) is 1.95. The van der Waals surface area contributed by atoms with Crippen LogP contribution in [0.1, 0.15) is 25.3 Å². The molecule has 1 aliphatic rings. The van der Waals surface area contributed by atoms with Crippen molar-refractivity contribution in [2.24, 2.45) is 11.8 Å². The number of hydrogen-bond acceptors (Lipinski definition) is 3. The summed E-state index contributed by atoms with van der Waals surface area (Å²) in [5.41, 5.74) is 1.00. The third kappa shape index (κ3) is 3.73. The van der Waals surface area contributed by atoms with Gasteiger partial charge in [0.05, 0.1) is 7.11 Å². The highest BCUT2D eigenvalue weighted by atomic mass is 16.5. The van der Waals surface area contributed by atoms with Crippen molar-refractivity contribution < 1.29 is 14.3 Å². The number of nitrogens with one attached hydrogen (secondary N) is 1. The Hall–Kier alpha value is -1.55. The van der Waals surface area contributed by atoms with Gasteiger partial charge in [-0.1, -0.05) is 25.1 Å². The number of para-hydroxylation sites is 1. The lowest BCUT2D eigenvalue weighted by Gasteiger charge is -2.27. The van der Waals surface area contributed by atoms with Crippen LogP contribution in [0.3, 0.4) is 0 Å². The van der Waals surface area contributed by atoms with E-state index in [2.05, 4.69) is 5.32 Å². The summed E-state index contributed by atoms with van der Waals surface area (Å²) in [7, 11) is 1.64. The van der Waals surface area contributed by atoms with E-state index in [1.807, 2.05) is 31.2 Å². The maximum Gasteiger partial charge on any atom is 0.223 e. The zero-order valence-corrected chi connectivity index (χ0v) is 12.2. The van der Waals surface area contributed by atoms with Gasteiger partial charge in [0.2, 0.25) is 5.91 Å². The van der Waals surface area contributed by atoms with E-state index < -0.39 is 0 Å². The average Bonchev–Trinajstić information content (AvgIpc) is 2.53. The number of carbonyl (C=O) groups is 1. The maximum absolute atomic E-state index is 12.2. The normalized spacial score (nSPS) is 17.5. The average molecular weight is 277 g/mol. The van der Waals surface area contributed by atoms with Gasteiger partial charge in [0, 0.05) is 31.2 Å². The maximum atomic E-state index is 12.2. The topological polar surface area (TPSA) is 47.6 Å². The lowest BCUT2D eigenvalue weighted by Crippen LogP contribution is -2.35. The largest absolute Gasteiger partial charge is 0.496 e. The van der Waals surface area contributed by atoms with E-state index in [1.54, 1.807) is 7.11 Å². The van der Waals surface area contributed by atoms with Crippen molar-refractivity contribution in [1.29, 1.82) is 0 Å². The van der Waals surface area contributed by atoms with Crippen LogP contribution in [0, 0.1) is 11.8 Å². The molecule has 1 aromatic rings. The van der Waals surface area contributed by atoms with Gasteiger partial charge in [-0.05, 0) is 24.8 Å². The van der Waals surface area contributed by atoms with Gasteiger partial charge in [0.1, 0.15) is 5.75 Å². The Balaban J connectivity index is 1.87. The van der Waals surface area contributed by atoms with E-state index in [-0.39, 0.29) is 11.8 Å². The monoisotopic (exact) mass is 277 g/mol. The number of hydrogen-bond donors (Lipinski definition) is 1. The van der Waals surface area contributed by atoms with Gasteiger partial charge in [0.15, 0.2) is 0 Å². The number of rotatable bonds is 5. The molecular formula is C16H23NO3. The quantitative estimate of drug-likeness (QED) is 0.899. The fourth-order valence-corrected chi connectivity index (χ4v) is 2.62. The molecule has 1 saturated heterocycles. The minimum absolute atomic E-state index is 0.0357. The summed E-state index contributed by atoms with van der Waals surface area (Å²) in [6, 6.07) is 7.75. The van der Waals surface area contributed by atoms with Crippen molar-refractivity contribution >= 4 is 5.91 Å². The Bertz CT molecular complexity index is 441. The minimum Gasteiger partial charge on any atom is -0.496 e. The Morgan fingerprint density at radius 3 is 2.80 bits per heavy atom. The van der Waals surface area contributed by atoms with Crippen molar-refractivity contribution in [3.05, 3.63) is 29.8 Å². The first-order chi connectivity index (χ1) is 9.72. The zero-order valence-electron chi connectivity index (χ0n) is 12.2. The number of carbonyl (C=O) groups excluding carboxylic acids is 1. The summed E-state index contributed by atoms with van der Waals surface area (Å²) in [5, 5.41) is 3.01. The van der Waals surface area contributed by atoms with Crippen molar-refractivity contribution in [1.82, 2.24) is 5.32 Å². The molecule has 0 aliphatic carbocycles. The van der Waals surface area contributed by atoms with E-state index in [0.29, 0.717) is 12.5 Å². The molecule has 0 bridgehead atoms. The van der Waals surface area contributed by atoms with Gasteiger partial charge in [-0.3, -0.25) is 4.79 Å². The van der Waals surface area contributed by atoms with Crippen LogP contribution in [0.15, 0.2) is 24.3 Å². The smallest absolute Gasteiger partial charge is 0.223 e. The summed E-state index contributed by atoms with van der Waals surface area (Å²) in [4.78, 5) is 12.2. The van der Waals surface area contributed by atoms with Gasteiger partial charge in [-0.25, -0.2) is 0 Å². The number of amides is 1. The molecule has 20 heavy (non-hydrogen) atoms. The van der Waals surface area contributed by atoms with Crippen LogP contribution in [0.25, 0.3) is 0 Å². The summed E-state index contributed by atoms with van der Waals surface area (Å²) < 4.78 is 10.6. The lowest BCUT2D eigenvalue weighted by molar-refractivity contribution is -0.127. The highest BCUT2D eigenvalue weighted by Gasteiger charge is 2.25. The Morgan fingerprint density at radius 2 is 2.10 bits per heavy atom. The second-order valence-corrected chi connectivity index (χ2v) is 5.27. The molecule has 4 nitrogen and oxygen atoms in total. The molecule has 1 atom stereocenters. The molecule has 1 unspecified atom stereocenters. The standard InChI is InChI=1S/C16H23NO3/c1-12(13-7-9-20-10-8-13)16(18)17-11-14-5-3-4-6-15(14)19-2/h3-6,12-13H,7-11H2,1-2H3,(H,17,18). The minimum atomic E-state index is 0.0357. The fourth-order valence-electron chi connectivity index (χ4n) is 2.62. The van der Waals surface area contributed by atoms with Crippen molar-refractivity contribution in [3.63, 3.8) is 0 Å². The molecule has 1 aromatic carbocycles. The predicted molar refractivity (Wildman–Crippen MR) is 77.5 cm³/mol. The molecule has 110 valence electrons. The van der Waals surface area contributed by atoms with Gasteiger partial charge >= 0.3 is 0 Å². The number of ether oxygens (including phenoxy) is 2. The highest BCUT2D eigenvalue weighted by Crippen LogP contribution is 2.24. The zero-order chi connectivity index (χ0) is 14.4. The van der Waals surface area contributed by atoms with Gasteiger partial charge in [-0.15, -0.1) is 0 Å². The summed E-state index contributed by atoms with van der Waals surface area (Å²) in [5.74, 6) is 1.39. The van der Waals surface area contributed by atoms with Gasteiger partial charge in [0.25, 0.3) is 0 Å². The Labute approximate surface area is 120 Å². The first-order valence-corrected chi connectivity index (χ1v) is 7.19. The molecule has 1 heterocycles. The molecule has 0 saturated carbocycles. The predicted octanol–water partition coefficient (Wildman–Crippen LogP) is 2.37. The van der Waals surface area contributed by atoms with Crippen LogP contribution < -0.4 is 10.1 Å². The molecular weight excluding hydrogens is 254 g/mol. The fraction of sp³-hybridized carbons (Fsp3) is 0.562. The van der Waals surface area contributed by atoms with Crippen LogP contribution in [0.5, 0.6) is 5.75 Å². The Morgan fingerprint density at radius 1 is 1.40 bits per heavy atom. The SMILES string of the molecule is COc1ccccc1CNC(=O)C(C)C1CCOCC1. The number of benzene rings is 1. The molecule has 1 aliphatic heterocycles. The van der Waals surface area contributed by atoms with Gasteiger partial charge in [-0.2, -0.15) is 0 Å². The van der Waals surface area contributed by atoms with Crippen LogP contribution in [0.4, 0.5) is 0 Å². The molecule has 1 fully saturated rings. The van der Waals surface area contributed by atoms with Crippen molar-refractivity contribution in [2.75, 3.05) is 20.3 Å². The molecule has 1 N–H and O–H groups in total. The third-order valence-corrected chi connectivity index (χ3v) is 4.03. The molecule has 2 rings (SSSR count). The molecule has 0 aromatic heterocycles. The van der Waals surface area contributed by atoms with Crippen LogP contribution in [0.2, 0.25) is 0 Å². The first kappa shape index (κ1) is 14.9. The molecule has 1 amide bonds.